The van der Waals surface area contributed by atoms with E-state index in [2.05, 4.69) is 15.2 Å². The molecule has 0 bridgehead atoms. The van der Waals surface area contributed by atoms with E-state index >= 15 is 0 Å². The molecule has 1 amide bonds. The SMILES string of the molecule is Cc1cc2nc(C(=O)Nc3ccc(N4CCOCC4)cc3)c(=O)n(C)c2cc1C. The van der Waals surface area contributed by atoms with Crippen molar-refractivity contribution in [3.05, 3.63) is 63.6 Å². The lowest BCUT2D eigenvalue weighted by Crippen LogP contribution is -2.36. The van der Waals surface area contributed by atoms with E-state index in [9.17, 15) is 9.59 Å². The highest BCUT2D eigenvalue weighted by Crippen LogP contribution is 2.20. The molecule has 0 saturated carbocycles. The first-order valence-corrected chi connectivity index (χ1v) is 9.66. The summed E-state index contributed by atoms with van der Waals surface area (Å²) in [6.45, 7) is 7.10. The quantitative estimate of drug-likeness (QED) is 0.742. The number of benzene rings is 2. The molecule has 0 atom stereocenters. The van der Waals surface area contributed by atoms with Crippen LogP contribution in [0.1, 0.15) is 21.6 Å². The summed E-state index contributed by atoms with van der Waals surface area (Å²) in [5.74, 6) is -0.509. The topological polar surface area (TPSA) is 76.5 Å². The van der Waals surface area contributed by atoms with Gasteiger partial charge in [-0.15, -0.1) is 0 Å². The molecular weight excluding hydrogens is 368 g/mol. The smallest absolute Gasteiger partial charge is 0.282 e. The van der Waals surface area contributed by atoms with Gasteiger partial charge in [-0.1, -0.05) is 0 Å². The summed E-state index contributed by atoms with van der Waals surface area (Å²) in [5.41, 5.74) is 4.66. The van der Waals surface area contributed by atoms with Crippen molar-refractivity contribution in [1.29, 1.82) is 0 Å². The average molecular weight is 392 g/mol. The second-order valence-corrected chi connectivity index (χ2v) is 7.35. The Hall–Kier alpha value is -3.19. The summed E-state index contributed by atoms with van der Waals surface area (Å²) >= 11 is 0. The molecule has 0 unspecified atom stereocenters. The number of carbonyl (C=O) groups is 1. The molecule has 0 radical (unpaired) electrons. The maximum absolute atomic E-state index is 12.8. The number of carbonyl (C=O) groups excluding carboxylic acids is 1. The number of nitrogens with one attached hydrogen (secondary N) is 1. The molecule has 0 aliphatic carbocycles. The van der Waals surface area contributed by atoms with Crippen LogP contribution in [0.25, 0.3) is 11.0 Å². The van der Waals surface area contributed by atoms with E-state index in [1.165, 1.54) is 4.57 Å². The van der Waals surface area contributed by atoms with Crippen LogP contribution < -0.4 is 15.8 Å². The average Bonchev–Trinajstić information content (AvgIpc) is 2.73. The molecule has 1 saturated heterocycles. The number of anilines is 2. The normalized spacial score (nSPS) is 14.2. The van der Waals surface area contributed by atoms with Gasteiger partial charge in [0.05, 0.1) is 24.2 Å². The predicted molar refractivity (Wildman–Crippen MR) is 114 cm³/mol. The third-order valence-electron chi connectivity index (χ3n) is 5.41. The maximum Gasteiger partial charge on any atom is 0.282 e. The second kappa shape index (κ2) is 7.67. The molecule has 1 fully saturated rings. The van der Waals surface area contributed by atoms with E-state index in [-0.39, 0.29) is 5.69 Å². The number of fused-ring (bicyclic) bond motifs is 1. The van der Waals surface area contributed by atoms with Crippen LogP contribution in [0.4, 0.5) is 11.4 Å². The largest absolute Gasteiger partial charge is 0.378 e. The molecule has 3 aromatic rings. The Balaban J connectivity index is 1.59. The Morgan fingerprint density at radius 1 is 1.07 bits per heavy atom. The molecule has 2 aromatic carbocycles. The Kier molecular flexibility index (Phi) is 5.07. The van der Waals surface area contributed by atoms with E-state index < -0.39 is 11.5 Å². The number of morpholine rings is 1. The summed E-state index contributed by atoms with van der Waals surface area (Å²) in [6.07, 6.45) is 0. The van der Waals surface area contributed by atoms with Gasteiger partial charge in [-0.25, -0.2) is 4.98 Å². The molecule has 1 N–H and O–H groups in total. The van der Waals surface area contributed by atoms with Crippen molar-refractivity contribution < 1.29 is 9.53 Å². The molecule has 7 nitrogen and oxygen atoms in total. The molecular formula is C22H24N4O3. The second-order valence-electron chi connectivity index (χ2n) is 7.35. The third-order valence-corrected chi connectivity index (χ3v) is 5.41. The first kappa shape index (κ1) is 19.1. The monoisotopic (exact) mass is 392 g/mol. The van der Waals surface area contributed by atoms with Crippen molar-refractivity contribution in [2.24, 2.45) is 7.05 Å². The predicted octanol–water partition coefficient (Wildman–Crippen LogP) is 2.64. The maximum atomic E-state index is 12.8. The lowest BCUT2D eigenvalue weighted by atomic mass is 10.1. The number of amides is 1. The lowest BCUT2D eigenvalue weighted by molar-refractivity contribution is 0.102. The van der Waals surface area contributed by atoms with Gasteiger partial charge in [0.1, 0.15) is 0 Å². The molecule has 1 aliphatic rings. The lowest BCUT2D eigenvalue weighted by Gasteiger charge is -2.28. The number of aryl methyl sites for hydroxylation is 3. The molecule has 0 spiro atoms. The van der Waals surface area contributed by atoms with Gasteiger partial charge in [-0.3, -0.25) is 9.59 Å². The van der Waals surface area contributed by atoms with Crippen molar-refractivity contribution in [3.8, 4) is 0 Å². The number of nitrogens with zero attached hydrogens (tertiary/aromatic N) is 3. The van der Waals surface area contributed by atoms with Crippen LogP contribution in [-0.4, -0.2) is 41.8 Å². The fourth-order valence-corrected chi connectivity index (χ4v) is 3.50. The number of hydrogen-bond donors (Lipinski definition) is 1. The third kappa shape index (κ3) is 3.73. The Bertz CT molecular complexity index is 1130. The molecule has 29 heavy (non-hydrogen) atoms. The van der Waals surface area contributed by atoms with Crippen molar-refractivity contribution in [3.63, 3.8) is 0 Å². The fourth-order valence-electron chi connectivity index (χ4n) is 3.50. The van der Waals surface area contributed by atoms with E-state index in [0.717, 1.165) is 29.9 Å². The van der Waals surface area contributed by atoms with Crippen LogP contribution in [0.3, 0.4) is 0 Å². The highest BCUT2D eigenvalue weighted by atomic mass is 16.5. The standard InChI is InChI=1S/C22H24N4O3/c1-14-12-18-19(13-15(14)2)25(3)22(28)20(24-18)21(27)23-16-4-6-17(7-5-16)26-8-10-29-11-9-26/h4-7,12-13H,8-11H2,1-3H3,(H,23,27). The molecule has 1 aromatic heterocycles. The number of ether oxygens (including phenoxy) is 1. The summed E-state index contributed by atoms with van der Waals surface area (Å²) < 4.78 is 6.85. The Labute approximate surface area is 168 Å². The number of rotatable bonds is 3. The first-order valence-electron chi connectivity index (χ1n) is 9.66. The van der Waals surface area contributed by atoms with E-state index in [4.69, 9.17) is 4.74 Å². The molecule has 150 valence electrons. The van der Waals surface area contributed by atoms with Crippen molar-refractivity contribution in [1.82, 2.24) is 9.55 Å². The van der Waals surface area contributed by atoms with Crippen LogP contribution in [-0.2, 0) is 11.8 Å². The number of hydrogen-bond acceptors (Lipinski definition) is 5. The van der Waals surface area contributed by atoms with Gasteiger partial charge in [0.25, 0.3) is 11.5 Å². The van der Waals surface area contributed by atoms with Gasteiger partial charge in [-0.05, 0) is 61.4 Å². The highest BCUT2D eigenvalue weighted by Gasteiger charge is 2.17. The van der Waals surface area contributed by atoms with Crippen molar-refractivity contribution in [2.75, 3.05) is 36.5 Å². The van der Waals surface area contributed by atoms with E-state index in [1.54, 1.807) is 7.05 Å². The minimum Gasteiger partial charge on any atom is -0.378 e. The molecule has 1 aliphatic heterocycles. The Morgan fingerprint density at radius 3 is 2.41 bits per heavy atom. The zero-order chi connectivity index (χ0) is 20.5. The number of aromatic nitrogens is 2. The summed E-state index contributed by atoms with van der Waals surface area (Å²) in [4.78, 5) is 32.0. The van der Waals surface area contributed by atoms with E-state index in [0.29, 0.717) is 29.9 Å². The van der Waals surface area contributed by atoms with Gasteiger partial charge in [0.2, 0.25) is 0 Å². The minimum atomic E-state index is -0.509. The first-order chi connectivity index (χ1) is 13.9. The highest BCUT2D eigenvalue weighted by molar-refractivity contribution is 6.03. The van der Waals surface area contributed by atoms with Crippen LogP contribution >= 0.6 is 0 Å². The zero-order valence-corrected chi connectivity index (χ0v) is 16.9. The van der Waals surface area contributed by atoms with Crippen LogP contribution in [0.2, 0.25) is 0 Å². The zero-order valence-electron chi connectivity index (χ0n) is 16.9. The summed E-state index contributed by atoms with van der Waals surface area (Å²) in [7, 11) is 1.66. The minimum absolute atomic E-state index is 0.111. The van der Waals surface area contributed by atoms with Crippen LogP contribution in [0.15, 0.2) is 41.2 Å². The van der Waals surface area contributed by atoms with Gasteiger partial charge in [0, 0.05) is 31.5 Å². The van der Waals surface area contributed by atoms with Gasteiger partial charge in [0.15, 0.2) is 5.69 Å². The van der Waals surface area contributed by atoms with Crippen LogP contribution in [0, 0.1) is 13.8 Å². The van der Waals surface area contributed by atoms with Crippen molar-refractivity contribution in [2.45, 2.75) is 13.8 Å². The van der Waals surface area contributed by atoms with Gasteiger partial charge >= 0.3 is 0 Å². The summed E-state index contributed by atoms with van der Waals surface area (Å²) in [5, 5.41) is 2.79. The Morgan fingerprint density at radius 2 is 1.72 bits per heavy atom. The van der Waals surface area contributed by atoms with Gasteiger partial charge in [-0.2, -0.15) is 0 Å². The molecule has 2 heterocycles. The fraction of sp³-hybridized carbons (Fsp3) is 0.318. The van der Waals surface area contributed by atoms with Crippen LogP contribution in [0.5, 0.6) is 0 Å². The van der Waals surface area contributed by atoms with Gasteiger partial charge < -0.3 is 19.5 Å². The van der Waals surface area contributed by atoms with Crippen molar-refractivity contribution >= 4 is 28.3 Å². The molecule has 7 heteroatoms. The van der Waals surface area contributed by atoms with E-state index in [1.807, 2.05) is 50.2 Å². The summed E-state index contributed by atoms with van der Waals surface area (Å²) in [6, 6.07) is 11.4. The molecule has 4 rings (SSSR count).